The summed E-state index contributed by atoms with van der Waals surface area (Å²) in [6.45, 7) is 4.47. The predicted molar refractivity (Wildman–Crippen MR) is 67.7 cm³/mol. The second-order valence-electron chi connectivity index (χ2n) is 3.41. The van der Waals surface area contributed by atoms with Gasteiger partial charge in [-0.2, -0.15) is 0 Å². The first kappa shape index (κ1) is 14.0. The number of rotatable bonds is 6. The van der Waals surface area contributed by atoms with Gasteiger partial charge in [-0.3, -0.25) is 4.79 Å². The molecule has 0 aromatic heterocycles. The largest absolute Gasteiger partial charge is 0.494 e. The van der Waals surface area contributed by atoms with E-state index in [1.165, 1.54) is 6.08 Å². The molecule has 0 saturated carbocycles. The summed E-state index contributed by atoms with van der Waals surface area (Å²) < 4.78 is 9.95. The molecule has 0 radical (unpaired) electrons. The van der Waals surface area contributed by atoms with E-state index < -0.39 is 5.97 Å². The number of benzene rings is 1. The van der Waals surface area contributed by atoms with Crippen LogP contribution in [-0.2, 0) is 9.53 Å². The molecule has 96 valence electrons. The van der Waals surface area contributed by atoms with Gasteiger partial charge in [-0.1, -0.05) is 0 Å². The predicted octanol–water partition coefficient (Wildman–Crippen LogP) is 2.39. The topological polar surface area (TPSA) is 52.6 Å². The van der Waals surface area contributed by atoms with E-state index in [0.717, 1.165) is 6.08 Å². The van der Waals surface area contributed by atoms with Gasteiger partial charge in [0.2, 0.25) is 0 Å². The maximum Gasteiger partial charge on any atom is 0.330 e. The Hall–Kier alpha value is -2.10. The van der Waals surface area contributed by atoms with E-state index in [2.05, 4.69) is 4.74 Å². The van der Waals surface area contributed by atoms with Gasteiger partial charge in [-0.15, -0.1) is 0 Å². The maximum absolute atomic E-state index is 11.7. The molecule has 0 N–H and O–H groups in total. The molecule has 0 aliphatic heterocycles. The molecule has 0 heterocycles. The molecule has 0 spiro atoms. The molecule has 0 aliphatic carbocycles. The van der Waals surface area contributed by atoms with Crippen molar-refractivity contribution in [2.45, 2.75) is 13.8 Å². The summed E-state index contributed by atoms with van der Waals surface area (Å²) >= 11 is 0. The lowest BCUT2D eigenvalue weighted by molar-refractivity contribution is -0.137. The van der Waals surface area contributed by atoms with E-state index in [4.69, 9.17) is 4.74 Å². The van der Waals surface area contributed by atoms with E-state index in [1.54, 1.807) is 31.2 Å². The van der Waals surface area contributed by atoms with Crippen molar-refractivity contribution in [3.63, 3.8) is 0 Å². The zero-order valence-electron chi connectivity index (χ0n) is 10.5. The minimum Gasteiger partial charge on any atom is -0.494 e. The van der Waals surface area contributed by atoms with Crippen molar-refractivity contribution >= 4 is 11.8 Å². The fraction of sp³-hybridized carbons (Fsp3) is 0.286. The van der Waals surface area contributed by atoms with Gasteiger partial charge in [-0.05, 0) is 44.2 Å². The Labute approximate surface area is 106 Å². The highest BCUT2D eigenvalue weighted by atomic mass is 16.5. The summed E-state index contributed by atoms with van der Waals surface area (Å²) in [5.41, 5.74) is 0.499. The second kappa shape index (κ2) is 7.27. The maximum atomic E-state index is 11.7. The number of esters is 1. The molecule has 0 fully saturated rings. The van der Waals surface area contributed by atoms with Crippen molar-refractivity contribution in [3.8, 4) is 5.75 Å². The Bertz CT molecular complexity index is 432. The minimum atomic E-state index is -0.517. The highest BCUT2D eigenvalue weighted by Gasteiger charge is 2.03. The van der Waals surface area contributed by atoms with Crippen LogP contribution in [0, 0.1) is 0 Å². The average molecular weight is 248 g/mol. The van der Waals surface area contributed by atoms with Crippen molar-refractivity contribution in [1.29, 1.82) is 0 Å². The van der Waals surface area contributed by atoms with Crippen molar-refractivity contribution in [2.24, 2.45) is 0 Å². The molecule has 1 aromatic rings. The molecular formula is C14H16O4. The summed E-state index contributed by atoms with van der Waals surface area (Å²) in [5.74, 6) is -0.0497. The number of hydrogen-bond acceptors (Lipinski definition) is 4. The van der Waals surface area contributed by atoms with Gasteiger partial charge in [0.25, 0.3) is 0 Å². The van der Waals surface area contributed by atoms with Crippen LogP contribution in [0.15, 0.2) is 36.4 Å². The van der Waals surface area contributed by atoms with Crippen LogP contribution in [0.1, 0.15) is 24.2 Å². The number of carbonyl (C=O) groups is 2. The zero-order chi connectivity index (χ0) is 13.4. The molecule has 0 aliphatic rings. The number of hydrogen-bond donors (Lipinski definition) is 0. The Morgan fingerprint density at radius 3 is 2.28 bits per heavy atom. The first-order chi connectivity index (χ1) is 8.67. The average Bonchev–Trinajstić information content (AvgIpc) is 2.37. The fourth-order valence-electron chi connectivity index (χ4n) is 1.31. The van der Waals surface area contributed by atoms with Crippen LogP contribution in [0.2, 0.25) is 0 Å². The molecule has 1 aromatic carbocycles. The summed E-state index contributed by atoms with van der Waals surface area (Å²) in [6, 6.07) is 6.75. The van der Waals surface area contributed by atoms with Crippen LogP contribution in [0.25, 0.3) is 0 Å². The van der Waals surface area contributed by atoms with Gasteiger partial charge in [0, 0.05) is 11.6 Å². The van der Waals surface area contributed by atoms with Crippen molar-refractivity contribution in [3.05, 3.63) is 42.0 Å². The first-order valence-electron chi connectivity index (χ1n) is 5.79. The van der Waals surface area contributed by atoms with Crippen LogP contribution in [0.3, 0.4) is 0 Å². The Morgan fingerprint density at radius 1 is 1.06 bits per heavy atom. The zero-order valence-corrected chi connectivity index (χ0v) is 10.5. The van der Waals surface area contributed by atoms with Crippen LogP contribution >= 0.6 is 0 Å². The van der Waals surface area contributed by atoms with Gasteiger partial charge >= 0.3 is 5.97 Å². The van der Waals surface area contributed by atoms with E-state index in [1.807, 2.05) is 6.92 Å². The molecule has 4 nitrogen and oxygen atoms in total. The molecular weight excluding hydrogens is 232 g/mol. The van der Waals surface area contributed by atoms with E-state index in [0.29, 0.717) is 24.5 Å². The molecule has 0 atom stereocenters. The quantitative estimate of drug-likeness (QED) is 0.440. The van der Waals surface area contributed by atoms with Crippen molar-refractivity contribution in [1.82, 2.24) is 0 Å². The molecule has 0 amide bonds. The molecule has 0 bridgehead atoms. The molecule has 1 rings (SSSR count). The summed E-state index contributed by atoms with van der Waals surface area (Å²) in [6.07, 6.45) is 2.33. The van der Waals surface area contributed by atoms with E-state index in [-0.39, 0.29) is 5.78 Å². The Morgan fingerprint density at radius 2 is 1.72 bits per heavy atom. The third-order valence-electron chi connectivity index (χ3n) is 2.11. The third kappa shape index (κ3) is 4.41. The molecule has 18 heavy (non-hydrogen) atoms. The lowest BCUT2D eigenvalue weighted by atomic mass is 10.1. The lowest BCUT2D eigenvalue weighted by Gasteiger charge is -2.02. The second-order valence-corrected chi connectivity index (χ2v) is 3.41. The lowest BCUT2D eigenvalue weighted by Crippen LogP contribution is -2.01. The van der Waals surface area contributed by atoms with E-state index >= 15 is 0 Å². The number of ether oxygens (including phenoxy) is 2. The van der Waals surface area contributed by atoms with Gasteiger partial charge in [0.1, 0.15) is 5.75 Å². The minimum absolute atomic E-state index is 0.244. The first-order valence-corrected chi connectivity index (χ1v) is 5.79. The monoisotopic (exact) mass is 248 g/mol. The highest BCUT2D eigenvalue weighted by Crippen LogP contribution is 2.12. The molecule has 0 unspecified atom stereocenters. The van der Waals surface area contributed by atoms with Gasteiger partial charge in [0.15, 0.2) is 5.78 Å². The molecule has 4 heteroatoms. The number of carbonyl (C=O) groups excluding carboxylic acids is 2. The van der Waals surface area contributed by atoms with Gasteiger partial charge < -0.3 is 9.47 Å². The van der Waals surface area contributed by atoms with Crippen LogP contribution in [-0.4, -0.2) is 25.0 Å². The van der Waals surface area contributed by atoms with Crippen LogP contribution < -0.4 is 4.74 Å². The smallest absolute Gasteiger partial charge is 0.330 e. The Kier molecular flexibility index (Phi) is 5.64. The normalized spacial score (nSPS) is 10.3. The van der Waals surface area contributed by atoms with Crippen molar-refractivity contribution in [2.75, 3.05) is 13.2 Å². The SMILES string of the molecule is CCOC(=O)/C=C/C(=O)c1ccc(OCC)cc1. The molecule has 0 saturated heterocycles. The fourth-order valence-corrected chi connectivity index (χ4v) is 1.31. The standard InChI is InChI=1S/C14H16O4/c1-3-17-12-7-5-11(6-8-12)13(15)9-10-14(16)18-4-2/h5-10H,3-4H2,1-2H3/b10-9+. The number of allylic oxidation sites excluding steroid dienone is 1. The number of ketones is 1. The third-order valence-corrected chi connectivity index (χ3v) is 2.11. The van der Waals surface area contributed by atoms with Crippen LogP contribution in [0.5, 0.6) is 5.75 Å². The van der Waals surface area contributed by atoms with Gasteiger partial charge in [-0.25, -0.2) is 4.79 Å². The summed E-state index contributed by atoms with van der Waals surface area (Å²) in [5, 5.41) is 0. The highest BCUT2D eigenvalue weighted by molar-refractivity contribution is 6.07. The Balaban J connectivity index is 2.64. The summed E-state index contributed by atoms with van der Waals surface area (Å²) in [4.78, 5) is 22.7. The van der Waals surface area contributed by atoms with Crippen molar-refractivity contribution < 1.29 is 19.1 Å². The summed E-state index contributed by atoms with van der Waals surface area (Å²) in [7, 11) is 0. The van der Waals surface area contributed by atoms with Crippen LogP contribution in [0.4, 0.5) is 0 Å². The van der Waals surface area contributed by atoms with Gasteiger partial charge in [0.05, 0.1) is 13.2 Å². The van der Waals surface area contributed by atoms with E-state index in [9.17, 15) is 9.59 Å².